The van der Waals surface area contributed by atoms with Gasteiger partial charge in [0.25, 0.3) is 5.91 Å². The van der Waals surface area contributed by atoms with Crippen molar-refractivity contribution < 1.29 is 19.1 Å². The number of thiophene rings is 1. The molecule has 1 amide bonds. The number of rotatable bonds is 7. The summed E-state index contributed by atoms with van der Waals surface area (Å²) < 4.78 is 5.01. The number of aromatic nitrogens is 1. The van der Waals surface area contributed by atoms with Gasteiger partial charge in [0.15, 0.2) is 12.4 Å². The number of carbonyl (C=O) groups is 3. The standard InChI is InChI=1S/C19H16N2O4S2/c1-12(22)13-4-2-5-14(8-13)20-17(23)10-25-18(24)9-15-11-27-19(21-15)16-6-3-7-26-16/h2-8,11H,9-10H2,1H3,(H,20,23). The molecular weight excluding hydrogens is 384 g/mol. The Morgan fingerprint density at radius 2 is 2.00 bits per heavy atom. The van der Waals surface area contributed by atoms with Crippen LogP contribution >= 0.6 is 22.7 Å². The van der Waals surface area contributed by atoms with Gasteiger partial charge < -0.3 is 10.1 Å². The normalized spacial score (nSPS) is 10.4. The molecule has 0 saturated heterocycles. The highest BCUT2D eigenvalue weighted by Gasteiger charge is 2.13. The Morgan fingerprint density at radius 3 is 2.74 bits per heavy atom. The van der Waals surface area contributed by atoms with Crippen molar-refractivity contribution in [3.63, 3.8) is 0 Å². The SMILES string of the molecule is CC(=O)c1cccc(NC(=O)COC(=O)Cc2csc(-c3cccs3)n2)c1. The molecule has 0 aliphatic rings. The van der Waals surface area contributed by atoms with Gasteiger partial charge in [0.1, 0.15) is 5.01 Å². The van der Waals surface area contributed by atoms with E-state index in [-0.39, 0.29) is 12.2 Å². The maximum Gasteiger partial charge on any atom is 0.312 e. The zero-order valence-electron chi connectivity index (χ0n) is 14.4. The Balaban J connectivity index is 1.48. The summed E-state index contributed by atoms with van der Waals surface area (Å²) in [6, 6.07) is 10.5. The average molecular weight is 400 g/mol. The zero-order valence-corrected chi connectivity index (χ0v) is 16.1. The molecule has 8 heteroatoms. The number of ketones is 1. The third-order valence-corrected chi connectivity index (χ3v) is 5.46. The van der Waals surface area contributed by atoms with Gasteiger partial charge in [-0.3, -0.25) is 14.4 Å². The van der Waals surface area contributed by atoms with Crippen molar-refractivity contribution in [1.82, 2.24) is 4.98 Å². The predicted molar refractivity (Wildman–Crippen MR) is 105 cm³/mol. The van der Waals surface area contributed by atoms with Gasteiger partial charge in [0.05, 0.1) is 17.0 Å². The first-order valence-electron chi connectivity index (χ1n) is 8.06. The number of hydrogen-bond donors (Lipinski definition) is 1. The average Bonchev–Trinajstić information content (AvgIpc) is 3.31. The van der Waals surface area contributed by atoms with E-state index in [4.69, 9.17) is 4.74 Å². The number of benzene rings is 1. The Hall–Kier alpha value is -2.84. The number of nitrogens with zero attached hydrogens (tertiary/aromatic N) is 1. The fourth-order valence-corrected chi connectivity index (χ4v) is 3.89. The highest BCUT2D eigenvalue weighted by molar-refractivity contribution is 7.20. The van der Waals surface area contributed by atoms with Crippen LogP contribution in [0, 0.1) is 0 Å². The fraction of sp³-hybridized carbons (Fsp3) is 0.158. The largest absolute Gasteiger partial charge is 0.455 e. The monoisotopic (exact) mass is 400 g/mol. The number of nitrogens with one attached hydrogen (secondary N) is 1. The summed E-state index contributed by atoms with van der Waals surface area (Å²) in [5, 5.41) is 7.23. The molecule has 2 heterocycles. The van der Waals surface area contributed by atoms with Crippen LogP contribution in [0.3, 0.4) is 0 Å². The molecule has 3 rings (SSSR count). The Morgan fingerprint density at radius 1 is 1.15 bits per heavy atom. The van der Waals surface area contributed by atoms with Crippen molar-refractivity contribution >= 4 is 46.0 Å². The van der Waals surface area contributed by atoms with Gasteiger partial charge >= 0.3 is 5.97 Å². The molecule has 0 aliphatic carbocycles. The lowest BCUT2D eigenvalue weighted by molar-refractivity contribution is -0.146. The molecule has 0 atom stereocenters. The Kier molecular flexibility index (Phi) is 6.10. The van der Waals surface area contributed by atoms with E-state index in [0.29, 0.717) is 16.9 Å². The second-order valence-corrected chi connectivity index (χ2v) is 7.45. The van der Waals surface area contributed by atoms with Crippen LogP contribution in [-0.2, 0) is 20.7 Å². The maximum atomic E-state index is 11.9. The van der Waals surface area contributed by atoms with E-state index in [1.54, 1.807) is 35.6 Å². The second kappa shape index (κ2) is 8.70. The molecule has 0 radical (unpaired) electrons. The van der Waals surface area contributed by atoms with Gasteiger partial charge in [-0.15, -0.1) is 22.7 Å². The van der Waals surface area contributed by atoms with Crippen LogP contribution in [0.1, 0.15) is 23.0 Å². The lowest BCUT2D eigenvalue weighted by Gasteiger charge is -2.07. The van der Waals surface area contributed by atoms with Crippen molar-refractivity contribution in [2.45, 2.75) is 13.3 Å². The minimum atomic E-state index is -0.523. The quantitative estimate of drug-likeness (QED) is 0.482. The van der Waals surface area contributed by atoms with E-state index in [1.165, 1.54) is 18.3 Å². The third-order valence-electron chi connectivity index (χ3n) is 3.53. The van der Waals surface area contributed by atoms with E-state index in [2.05, 4.69) is 10.3 Å². The maximum absolute atomic E-state index is 11.9. The van der Waals surface area contributed by atoms with Crippen LogP contribution < -0.4 is 5.32 Å². The van der Waals surface area contributed by atoms with E-state index in [1.807, 2.05) is 22.9 Å². The number of Topliss-reactive ketones (excluding diaryl/α,β-unsaturated/α-hetero) is 1. The Labute approximate surface area is 163 Å². The topological polar surface area (TPSA) is 85.4 Å². The van der Waals surface area contributed by atoms with Crippen LogP contribution in [0.15, 0.2) is 47.2 Å². The van der Waals surface area contributed by atoms with E-state index < -0.39 is 18.5 Å². The number of amides is 1. The highest BCUT2D eigenvalue weighted by atomic mass is 32.1. The van der Waals surface area contributed by atoms with Crippen molar-refractivity contribution in [3.8, 4) is 9.88 Å². The van der Waals surface area contributed by atoms with Gasteiger partial charge in [-0.2, -0.15) is 0 Å². The molecule has 27 heavy (non-hydrogen) atoms. The molecule has 0 saturated carbocycles. The minimum Gasteiger partial charge on any atom is -0.455 e. The lowest BCUT2D eigenvalue weighted by Crippen LogP contribution is -2.21. The first-order chi connectivity index (χ1) is 13.0. The van der Waals surface area contributed by atoms with Crippen LogP contribution in [-0.4, -0.2) is 29.3 Å². The third kappa shape index (κ3) is 5.32. The molecule has 0 bridgehead atoms. The van der Waals surface area contributed by atoms with Crippen molar-refractivity contribution in [1.29, 1.82) is 0 Å². The molecule has 6 nitrogen and oxygen atoms in total. The van der Waals surface area contributed by atoms with Gasteiger partial charge in [-0.05, 0) is 30.5 Å². The first kappa shape index (κ1) is 18.9. The molecule has 138 valence electrons. The van der Waals surface area contributed by atoms with Crippen molar-refractivity contribution in [2.24, 2.45) is 0 Å². The molecule has 0 unspecified atom stereocenters. The highest BCUT2D eigenvalue weighted by Crippen LogP contribution is 2.27. The zero-order chi connectivity index (χ0) is 19.2. The van der Waals surface area contributed by atoms with Crippen molar-refractivity contribution in [3.05, 3.63) is 58.4 Å². The van der Waals surface area contributed by atoms with Crippen molar-refractivity contribution in [2.75, 3.05) is 11.9 Å². The van der Waals surface area contributed by atoms with Crippen LogP contribution in [0.2, 0.25) is 0 Å². The summed E-state index contributed by atoms with van der Waals surface area (Å²) in [5.74, 6) is -1.09. The number of thiazole rings is 1. The van der Waals surface area contributed by atoms with E-state index in [0.717, 1.165) is 9.88 Å². The van der Waals surface area contributed by atoms with Gasteiger partial charge in [0.2, 0.25) is 0 Å². The lowest BCUT2D eigenvalue weighted by atomic mass is 10.1. The van der Waals surface area contributed by atoms with Crippen LogP contribution in [0.4, 0.5) is 5.69 Å². The summed E-state index contributed by atoms with van der Waals surface area (Å²) in [5.41, 5.74) is 1.58. The Bertz CT molecular complexity index is 964. The summed E-state index contributed by atoms with van der Waals surface area (Å²) in [4.78, 5) is 40.7. The van der Waals surface area contributed by atoms with Gasteiger partial charge in [0, 0.05) is 16.6 Å². The molecule has 3 aromatic rings. The number of anilines is 1. The number of hydrogen-bond acceptors (Lipinski definition) is 7. The second-order valence-electron chi connectivity index (χ2n) is 5.64. The van der Waals surface area contributed by atoms with E-state index in [9.17, 15) is 14.4 Å². The molecule has 0 aliphatic heterocycles. The number of esters is 1. The summed E-state index contributed by atoms with van der Waals surface area (Å²) in [6.45, 7) is 1.05. The first-order valence-corrected chi connectivity index (χ1v) is 9.82. The van der Waals surface area contributed by atoms with Crippen LogP contribution in [0.25, 0.3) is 9.88 Å². The molecule has 1 aromatic carbocycles. The molecule has 2 aromatic heterocycles. The van der Waals surface area contributed by atoms with Gasteiger partial charge in [-0.1, -0.05) is 18.2 Å². The smallest absolute Gasteiger partial charge is 0.312 e. The number of ether oxygens (including phenoxy) is 1. The molecule has 1 N–H and O–H groups in total. The van der Waals surface area contributed by atoms with Crippen LogP contribution in [0.5, 0.6) is 0 Å². The predicted octanol–water partition coefficient (Wildman–Crippen LogP) is 3.80. The molecular formula is C19H16N2O4S2. The summed E-state index contributed by atoms with van der Waals surface area (Å²) >= 11 is 3.05. The fourth-order valence-electron chi connectivity index (χ4n) is 2.26. The molecule has 0 spiro atoms. The summed E-state index contributed by atoms with van der Waals surface area (Å²) in [6.07, 6.45) is 0.00891. The molecule has 0 fully saturated rings. The van der Waals surface area contributed by atoms with E-state index >= 15 is 0 Å². The number of carbonyl (C=O) groups excluding carboxylic acids is 3. The minimum absolute atomic E-state index is 0.00891. The summed E-state index contributed by atoms with van der Waals surface area (Å²) in [7, 11) is 0. The van der Waals surface area contributed by atoms with Gasteiger partial charge in [-0.25, -0.2) is 4.98 Å².